The number of aromatic nitrogens is 2. The second-order valence-electron chi connectivity index (χ2n) is 6.02. The van der Waals surface area contributed by atoms with Crippen molar-refractivity contribution in [3.05, 3.63) is 47.3 Å². The zero-order valence-electron chi connectivity index (χ0n) is 13.0. The van der Waals surface area contributed by atoms with Crippen molar-refractivity contribution < 1.29 is 9.90 Å². The summed E-state index contributed by atoms with van der Waals surface area (Å²) in [6.45, 7) is 5.42. The van der Waals surface area contributed by atoms with Gasteiger partial charge >= 0.3 is 5.97 Å². The summed E-state index contributed by atoms with van der Waals surface area (Å²) >= 11 is 0. The molecule has 1 aromatic heterocycles. The molecule has 2 aromatic rings. The van der Waals surface area contributed by atoms with Gasteiger partial charge in [0.1, 0.15) is 0 Å². The van der Waals surface area contributed by atoms with Crippen molar-refractivity contribution in [1.29, 1.82) is 0 Å². The Morgan fingerprint density at radius 3 is 2.86 bits per heavy atom. The fraction of sp³-hybridized carbons (Fsp3) is 0.412. The number of carboxylic acid groups (broad SMARTS) is 1. The molecule has 116 valence electrons. The van der Waals surface area contributed by atoms with E-state index in [1.807, 2.05) is 19.9 Å². The van der Waals surface area contributed by atoms with Crippen molar-refractivity contribution in [3.8, 4) is 0 Å². The summed E-state index contributed by atoms with van der Waals surface area (Å²) in [5.41, 5.74) is 3.63. The van der Waals surface area contributed by atoms with Crippen molar-refractivity contribution >= 4 is 11.7 Å². The summed E-state index contributed by atoms with van der Waals surface area (Å²) in [4.78, 5) is 13.9. The molecule has 5 heteroatoms. The first kappa shape index (κ1) is 14.6. The molecule has 1 aliphatic rings. The minimum atomic E-state index is -0.911. The molecule has 0 fully saturated rings. The highest BCUT2D eigenvalue weighted by molar-refractivity contribution is 5.87. The van der Waals surface area contributed by atoms with Crippen LogP contribution < -0.4 is 4.90 Å². The van der Waals surface area contributed by atoms with Crippen molar-refractivity contribution in [3.63, 3.8) is 0 Å². The number of hydrogen-bond donors (Lipinski definition) is 1. The molecule has 2 heterocycles. The Labute approximate surface area is 130 Å². The molecular formula is C17H21N3O2. The smallest absolute Gasteiger partial charge is 0.354 e. The Balaban J connectivity index is 1.93. The van der Waals surface area contributed by atoms with Gasteiger partial charge in [0, 0.05) is 30.4 Å². The first-order valence-electron chi connectivity index (χ1n) is 7.70. The van der Waals surface area contributed by atoms with Crippen molar-refractivity contribution in [2.75, 3.05) is 11.4 Å². The lowest BCUT2D eigenvalue weighted by molar-refractivity contribution is 0.0680. The number of rotatable bonds is 4. The van der Waals surface area contributed by atoms with E-state index in [-0.39, 0.29) is 6.04 Å². The lowest BCUT2D eigenvalue weighted by Crippen LogP contribution is -2.29. The maximum Gasteiger partial charge on any atom is 0.354 e. The molecular weight excluding hydrogens is 278 g/mol. The van der Waals surface area contributed by atoms with Crippen molar-refractivity contribution in [1.82, 2.24) is 9.78 Å². The third kappa shape index (κ3) is 2.58. The lowest BCUT2D eigenvalue weighted by atomic mass is 10.0. The van der Waals surface area contributed by atoms with E-state index < -0.39 is 5.97 Å². The molecule has 0 spiro atoms. The minimum absolute atomic E-state index is 0.0356. The first-order chi connectivity index (χ1) is 10.6. The largest absolute Gasteiger partial charge is 0.477 e. The molecule has 0 bridgehead atoms. The standard InChI is InChI=1S/C17H21N3O2/c1-12(2)20-16(17(21)22)14(10-18-20)11-19-9-5-7-13-6-3-4-8-15(13)19/h3-4,6,8,10,12H,5,7,9,11H2,1-2H3,(H,21,22). The summed E-state index contributed by atoms with van der Waals surface area (Å²) in [6.07, 6.45) is 3.88. The Morgan fingerprint density at radius 2 is 2.14 bits per heavy atom. The number of para-hydroxylation sites is 1. The van der Waals surface area contributed by atoms with Crippen LogP contribution in [0.25, 0.3) is 0 Å². The number of carbonyl (C=O) groups is 1. The van der Waals surface area contributed by atoms with Crippen molar-refractivity contribution in [2.24, 2.45) is 0 Å². The van der Waals surface area contributed by atoms with E-state index >= 15 is 0 Å². The Hall–Kier alpha value is -2.30. The van der Waals surface area contributed by atoms with E-state index in [4.69, 9.17) is 0 Å². The number of aromatic carboxylic acids is 1. The van der Waals surface area contributed by atoms with Gasteiger partial charge in [0.05, 0.1) is 6.20 Å². The van der Waals surface area contributed by atoms with Gasteiger partial charge in [-0.15, -0.1) is 0 Å². The van der Waals surface area contributed by atoms with Crippen LogP contribution in [0.4, 0.5) is 5.69 Å². The maximum atomic E-state index is 11.6. The molecule has 3 rings (SSSR count). The van der Waals surface area contributed by atoms with Crippen LogP contribution in [0, 0.1) is 0 Å². The quantitative estimate of drug-likeness (QED) is 0.942. The second-order valence-corrected chi connectivity index (χ2v) is 6.02. The van der Waals surface area contributed by atoms with Crippen LogP contribution in [0.1, 0.15) is 47.9 Å². The van der Waals surface area contributed by atoms with Gasteiger partial charge in [-0.25, -0.2) is 4.79 Å². The fourth-order valence-electron chi connectivity index (χ4n) is 3.12. The van der Waals surface area contributed by atoms with Gasteiger partial charge in [-0.1, -0.05) is 18.2 Å². The van der Waals surface area contributed by atoms with E-state index in [1.54, 1.807) is 10.9 Å². The van der Waals surface area contributed by atoms with Gasteiger partial charge in [0.15, 0.2) is 5.69 Å². The Morgan fingerprint density at radius 1 is 1.36 bits per heavy atom. The lowest BCUT2D eigenvalue weighted by Gasteiger charge is -2.31. The van der Waals surface area contributed by atoms with Gasteiger partial charge in [0.25, 0.3) is 0 Å². The number of hydrogen-bond acceptors (Lipinski definition) is 3. The number of benzene rings is 1. The third-order valence-electron chi connectivity index (χ3n) is 4.13. The normalized spacial score (nSPS) is 14.2. The first-order valence-corrected chi connectivity index (χ1v) is 7.70. The summed E-state index contributed by atoms with van der Waals surface area (Å²) in [5.74, 6) is -0.911. The van der Waals surface area contributed by atoms with Gasteiger partial charge in [-0.3, -0.25) is 4.68 Å². The molecule has 0 aliphatic carbocycles. The molecule has 5 nitrogen and oxygen atoms in total. The van der Waals surface area contributed by atoms with E-state index in [2.05, 4.69) is 28.2 Å². The van der Waals surface area contributed by atoms with Crippen LogP contribution in [0.2, 0.25) is 0 Å². The number of carboxylic acids is 1. The average Bonchev–Trinajstić information content (AvgIpc) is 2.92. The SMILES string of the molecule is CC(C)n1ncc(CN2CCCc3ccccc32)c1C(=O)O. The zero-order chi connectivity index (χ0) is 15.7. The minimum Gasteiger partial charge on any atom is -0.477 e. The number of aryl methyl sites for hydroxylation is 1. The predicted molar refractivity (Wildman–Crippen MR) is 85.4 cm³/mol. The van der Waals surface area contributed by atoms with Crippen LogP contribution in [0.5, 0.6) is 0 Å². The van der Waals surface area contributed by atoms with E-state index in [1.165, 1.54) is 11.3 Å². The highest BCUT2D eigenvalue weighted by atomic mass is 16.4. The molecule has 0 saturated heterocycles. The van der Waals surface area contributed by atoms with Crippen LogP contribution in [-0.4, -0.2) is 27.4 Å². The van der Waals surface area contributed by atoms with Crippen LogP contribution in [0.15, 0.2) is 30.5 Å². The fourth-order valence-corrected chi connectivity index (χ4v) is 3.12. The molecule has 0 saturated carbocycles. The Bertz CT molecular complexity index is 691. The van der Waals surface area contributed by atoms with Gasteiger partial charge in [-0.2, -0.15) is 5.10 Å². The predicted octanol–water partition coefficient (Wildman–Crippen LogP) is 3.12. The molecule has 1 aliphatic heterocycles. The number of nitrogens with zero attached hydrogens (tertiary/aromatic N) is 3. The van der Waals surface area contributed by atoms with E-state index in [0.717, 1.165) is 24.9 Å². The molecule has 0 amide bonds. The van der Waals surface area contributed by atoms with Crippen molar-refractivity contribution in [2.45, 2.75) is 39.3 Å². The van der Waals surface area contributed by atoms with Crippen LogP contribution in [-0.2, 0) is 13.0 Å². The topological polar surface area (TPSA) is 58.4 Å². The van der Waals surface area contributed by atoms with E-state index in [0.29, 0.717) is 12.2 Å². The Kier molecular flexibility index (Phi) is 3.88. The molecule has 0 unspecified atom stereocenters. The number of fused-ring (bicyclic) bond motifs is 1. The second kappa shape index (κ2) is 5.83. The monoisotopic (exact) mass is 299 g/mol. The van der Waals surface area contributed by atoms with Gasteiger partial charge < -0.3 is 10.0 Å². The molecule has 0 atom stereocenters. The summed E-state index contributed by atoms with van der Waals surface area (Å²) < 4.78 is 1.59. The van der Waals surface area contributed by atoms with Gasteiger partial charge in [-0.05, 0) is 38.3 Å². The summed E-state index contributed by atoms with van der Waals surface area (Å²) in [7, 11) is 0. The van der Waals surface area contributed by atoms with E-state index in [9.17, 15) is 9.90 Å². The highest BCUT2D eigenvalue weighted by Gasteiger charge is 2.23. The third-order valence-corrected chi connectivity index (χ3v) is 4.13. The summed E-state index contributed by atoms with van der Waals surface area (Å²) in [6, 6.07) is 8.39. The van der Waals surface area contributed by atoms with Crippen LogP contribution >= 0.6 is 0 Å². The molecule has 0 radical (unpaired) electrons. The number of anilines is 1. The van der Waals surface area contributed by atoms with Gasteiger partial charge in [0.2, 0.25) is 0 Å². The summed E-state index contributed by atoms with van der Waals surface area (Å²) in [5, 5.41) is 13.8. The maximum absolute atomic E-state index is 11.6. The average molecular weight is 299 g/mol. The zero-order valence-corrected chi connectivity index (χ0v) is 13.0. The van der Waals surface area contributed by atoms with Crippen LogP contribution in [0.3, 0.4) is 0 Å². The highest BCUT2D eigenvalue weighted by Crippen LogP contribution is 2.29. The molecule has 1 aromatic carbocycles. The molecule has 1 N–H and O–H groups in total. The molecule has 22 heavy (non-hydrogen) atoms.